The van der Waals surface area contributed by atoms with Crippen LogP contribution in [0.15, 0.2) is 18.2 Å². The van der Waals surface area contributed by atoms with Crippen LogP contribution in [0.5, 0.6) is 0 Å². The Morgan fingerprint density at radius 3 is 2.57 bits per heavy atom. The van der Waals surface area contributed by atoms with E-state index in [0.717, 1.165) is 32.4 Å². The summed E-state index contributed by atoms with van der Waals surface area (Å²) in [5.74, 6) is -1.07. The first-order valence-corrected chi connectivity index (χ1v) is 9.96. The molecule has 8 heteroatoms. The minimum absolute atomic E-state index is 0.0551. The van der Waals surface area contributed by atoms with E-state index in [4.69, 9.17) is 10.5 Å². The van der Waals surface area contributed by atoms with Crippen LogP contribution in [0.2, 0.25) is 0 Å². The van der Waals surface area contributed by atoms with Crippen molar-refractivity contribution in [1.29, 1.82) is 0 Å². The third kappa shape index (κ3) is 5.50. The molecule has 0 spiro atoms. The van der Waals surface area contributed by atoms with Gasteiger partial charge in [0.2, 0.25) is 11.8 Å². The number of ether oxygens (including phenoxy) is 1. The summed E-state index contributed by atoms with van der Waals surface area (Å²) in [7, 11) is 0. The maximum absolute atomic E-state index is 14.1. The van der Waals surface area contributed by atoms with Gasteiger partial charge in [-0.2, -0.15) is 0 Å². The van der Waals surface area contributed by atoms with Crippen molar-refractivity contribution in [3.8, 4) is 0 Å². The van der Waals surface area contributed by atoms with Gasteiger partial charge in [0, 0.05) is 31.7 Å². The molecule has 1 aromatic rings. The van der Waals surface area contributed by atoms with Crippen LogP contribution >= 0.6 is 0 Å². The molecule has 1 aromatic carbocycles. The van der Waals surface area contributed by atoms with E-state index in [1.807, 2.05) is 0 Å². The molecule has 2 aliphatic rings. The quantitative estimate of drug-likeness (QED) is 0.689. The molecule has 0 radical (unpaired) electrons. The van der Waals surface area contributed by atoms with Crippen molar-refractivity contribution in [3.63, 3.8) is 0 Å². The van der Waals surface area contributed by atoms with Crippen LogP contribution in [0.3, 0.4) is 0 Å². The van der Waals surface area contributed by atoms with Crippen LogP contribution < -0.4 is 16.4 Å². The molecule has 2 amide bonds. The Bertz CT molecular complexity index is 701. The van der Waals surface area contributed by atoms with E-state index in [0.29, 0.717) is 38.3 Å². The molecule has 0 aromatic heterocycles. The van der Waals surface area contributed by atoms with Gasteiger partial charge in [0.1, 0.15) is 5.82 Å². The number of anilines is 2. The number of morpholine rings is 1. The van der Waals surface area contributed by atoms with Gasteiger partial charge in [0.15, 0.2) is 0 Å². The van der Waals surface area contributed by atoms with E-state index < -0.39 is 11.4 Å². The molecule has 2 fully saturated rings. The third-order valence-electron chi connectivity index (χ3n) is 5.46. The first-order chi connectivity index (χ1) is 13.5. The van der Waals surface area contributed by atoms with Crippen molar-refractivity contribution in [2.75, 3.05) is 43.5 Å². The summed E-state index contributed by atoms with van der Waals surface area (Å²) in [4.78, 5) is 26.9. The molecule has 0 bridgehead atoms. The number of carbonyl (C=O) groups is 2. The Morgan fingerprint density at radius 1 is 1.14 bits per heavy atom. The Labute approximate surface area is 164 Å². The van der Waals surface area contributed by atoms with Crippen LogP contribution in [0.4, 0.5) is 15.8 Å². The number of nitrogens with zero attached hydrogens (tertiary/aromatic N) is 1. The standard InChI is InChI=1S/C20H29FN4O3/c21-16-5-4-15(23-19(27)20(22)7-2-1-3-8-20)14-17(16)24-18(26)6-9-25-10-12-28-13-11-25/h4-5,14H,1-3,6-13,22H2,(H,23,27)(H,24,26). The van der Waals surface area contributed by atoms with E-state index in [-0.39, 0.29) is 23.9 Å². The molecule has 1 aliphatic carbocycles. The number of halogens is 1. The van der Waals surface area contributed by atoms with Gasteiger partial charge >= 0.3 is 0 Å². The van der Waals surface area contributed by atoms with Gasteiger partial charge in [-0.1, -0.05) is 19.3 Å². The van der Waals surface area contributed by atoms with Crippen molar-refractivity contribution in [2.24, 2.45) is 5.73 Å². The van der Waals surface area contributed by atoms with Crippen molar-refractivity contribution in [3.05, 3.63) is 24.0 Å². The fraction of sp³-hybridized carbons (Fsp3) is 0.600. The Hall–Kier alpha value is -2.03. The van der Waals surface area contributed by atoms with Crippen LogP contribution in [0, 0.1) is 5.82 Å². The van der Waals surface area contributed by atoms with E-state index in [2.05, 4.69) is 15.5 Å². The normalized spacial score (nSPS) is 19.8. The van der Waals surface area contributed by atoms with Gasteiger partial charge in [-0.25, -0.2) is 4.39 Å². The summed E-state index contributed by atoms with van der Waals surface area (Å²) in [6.07, 6.45) is 4.50. The maximum atomic E-state index is 14.1. The van der Waals surface area contributed by atoms with E-state index >= 15 is 0 Å². The van der Waals surface area contributed by atoms with E-state index in [9.17, 15) is 14.0 Å². The second-order valence-corrected chi connectivity index (χ2v) is 7.62. The fourth-order valence-electron chi connectivity index (χ4n) is 3.66. The molecule has 154 valence electrons. The molecule has 1 saturated carbocycles. The number of benzene rings is 1. The van der Waals surface area contributed by atoms with Crippen LogP contribution in [-0.2, 0) is 14.3 Å². The maximum Gasteiger partial charge on any atom is 0.244 e. The summed E-state index contributed by atoms with van der Waals surface area (Å²) in [5.41, 5.74) is 5.84. The molecular formula is C20H29FN4O3. The minimum Gasteiger partial charge on any atom is -0.379 e. The second kappa shape index (κ2) is 9.45. The third-order valence-corrected chi connectivity index (χ3v) is 5.46. The first-order valence-electron chi connectivity index (χ1n) is 9.96. The van der Waals surface area contributed by atoms with Crippen molar-refractivity contribution in [1.82, 2.24) is 4.90 Å². The zero-order valence-corrected chi connectivity index (χ0v) is 16.1. The lowest BCUT2D eigenvalue weighted by Crippen LogP contribution is -2.52. The zero-order valence-electron chi connectivity index (χ0n) is 16.1. The van der Waals surface area contributed by atoms with Gasteiger partial charge in [-0.3, -0.25) is 14.5 Å². The predicted molar refractivity (Wildman–Crippen MR) is 106 cm³/mol. The average Bonchev–Trinajstić information content (AvgIpc) is 2.70. The topological polar surface area (TPSA) is 96.7 Å². The zero-order chi connectivity index (χ0) is 20.0. The summed E-state index contributed by atoms with van der Waals surface area (Å²) >= 11 is 0. The molecule has 7 nitrogen and oxygen atoms in total. The smallest absolute Gasteiger partial charge is 0.244 e. The summed E-state index contributed by atoms with van der Waals surface area (Å²) in [6.45, 7) is 3.53. The molecule has 1 saturated heterocycles. The van der Waals surface area contributed by atoms with Gasteiger partial charge in [0.05, 0.1) is 24.4 Å². The van der Waals surface area contributed by atoms with Gasteiger partial charge in [0.25, 0.3) is 0 Å². The van der Waals surface area contributed by atoms with Crippen LogP contribution in [-0.4, -0.2) is 55.1 Å². The molecule has 3 rings (SSSR count). The Kier molecular flexibility index (Phi) is 6.98. The average molecular weight is 392 g/mol. The lowest BCUT2D eigenvalue weighted by atomic mass is 9.82. The number of carbonyl (C=O) groups excluding carboxylic acids is 2. The Morgan fingerprint density at radius 2 is 1.86 bits per heavy atom. The van der Waals surface area contributed by atoms with Crippen LogP contribution in [0.25, 0.3) is 0 Å². The predicted octanol–water partition coefficient (Wildman–Crippen LogP) is 2.09. The van der Waals surface area contributed by atoms with Crippen LogP contribution in [0.1, 0.15) is 38.5 Å². The first kappa shape index (κ1) is 20.7. The van der Waals surface area contributed by atoms with E-state index in [1.54, 1.807) is 0 Å². The summed E-state index contributed by atoms with van der Waals surface area (Å²) < 4.78 is 19.4. The number of hydrogen-bond donors (Lipinski definition) is 3. The van der Waals surface area contributed by atoms with Crippen molar-refractivity contribution >= 4 is 23.2 Å². The minimum atomic E-state index is -0.881. The van der Waals surface area contributed by atoms with E-state index in [1.165, 1.54) is 18.2 Å². The lowest BCUT2D eigenvalue weighted by molar-refractivity contribution is -0.122. The highest BCUT2D eigenvalue weighted by Crippen LogP contribution is 2.28. The molecule has 4 N–H and O–H groups in total. The molecule has 0 unspecified atom stereocenters. The molecule has 1 aliphatic heterocycles. The van der Waals surface area contributed by atoms with Gasteiger partial charge in [-0.05, 0) is 31.0 Å². The second-order valence-electron chi connectivity index (χ2n) is 7.62. The number of nitrogens with one attached hydrogen (secondary N) is 2. The molecule has 1 heterocycles. The lowest BCUT2D eigenvalue weighted by Gasteiger charge is -2.31. The number of rotatable bonds is 6. The largest absolute Gasteiger partial charge is 0.379 e. The Balaban J connectivity index is 1.56. The van der Waals surface area contributed by atoms with Gasteiger partial charge < -0.3 is 21.1 Å². The van der Waals surface area contributed by atoms with Gasteiger partial charge in [-0.15, -0.1) is 0 Å². The highest BCUT2D eigenvalue weighted by Gasteiger charge is 2.35. The summed E-state index contributed by atoms with van der Waals surface area (Å²) in [5, 5.41) is 5.37. The monoisotopic (exact) mass is 392 g/mol. The SMILES string of the molecule is NC1(C(=O)Nc2ccc(F)c(NC(=O)CCN3CCOCC3)c2)CCCCC1. The highest BCUT2D eigenvalue weighted by atomic mass is 19.1. The molecule has 28 heavy (non-hydrogen) atoms. The molecular weight excluding hydrogens is 363 g/mol. The number of nitrogens with two attached hydrogens (primary N) is 1. The molecule has 0 atom stereocenters. The van der Waals surface area contributed by atoms with Crippen molar-refractivity contribution in [2.45, 2.75) is 44.1 Å². The number of hydrogen-bond acceptors (Lipinski definition) is 5. The highest BCUT2D eigenvalue weighted by molar-refractivity contribution is 5.99. The fourth-order valence-corrected chi connectivity index (χ4v) is 3.66. The number of amides is 2. The summed E-state index contributed by atoms with van der Waals surface area (Å²) in [6, 6.07) is 4.14. The van der Waals surface area contributed by atoms with Crippen molar-refractivity contribution < 1.29 is 18.7 Å².